The molecule has 116 valence electrons. The standard InChI is InChI=1S/C19H29NO/c1-12-11-15-19(3,10-7-16(21)20-15)14-6-9-18(2)8-4-5-13(18)17(12)14/h7,10,12-15,17H,4-6,8-9,11H2,1-3H3,(H,20,21)/t12?,13?,14?,15?,17?,18-,19+/m0/s1. The monoisotopic (exact) mass is 287 g/mol. The summed E-state index contributed by atoms with van der Waals surface area (Å²) < 4.78 is 0. The van der Waals surface area contributed by atoms with Gasteiger partial charge in [-0.05, 0) is 67.3 Å². The van der Waals surface area contributed by atoms with Crippen molar-refractivity contribution >= 4 is 5.91 Å². The van der Waals surface area contributed by atoms with Crippen LogP contribution in [0.3, 0.4) is 0 Å². The molecule has 1 heterocycles. The second-order valence-electron chi connectivity index (χ2n) is 8.85. The minimum atomic E-state index is 0.115. The van der Waals surface area contributed by atoms with E-state index in [2.05, 4.69) is 32.2 Å². The lowest BCUT2D eigenvalue weighted by atomic mass is 9.46. The van der Waals surface area contributed by atoms with Crippen molar-refractivity contribution < 1.29 is 4.79 Å². The van der Waals surface area contributed by atoms with Crippen molar-refractivity contribution in [2.24, 2.45) is 34.5 Å². The van der Waals surface area contributed by atoms with Crippen molar-refractivity contribution in [2.45, 2.75) is 65.3 Å². The van der Waals surface area contributed by atoms with E-state index in [1.165, 1.54) is 38.5 Å². The Labute approximate surface area is 128 Å². The normalized spacial score (nSPS) is 55.4. The number of carbonyl (C=O) groups excluding carboxylic acids is 1. The summed E-state index contributed by atoms with van der Waals surface area (Å²) in [5.41, 5.74) is 0.801. The molecule has 0 spiro atoms. The van der Waals surface area contributed by atoms with E-state index in [0.29, 0.717) is 11.5 Å². The van der Waals surface area contributed by atoms with Crippen LogP contribution in [-0.4, -0.2) is 11.9 Å². The Morgan fingerprint density at radius 3 is 2.81 bits per heavy atom. The molecular weight excluding hydrogens is 258 g/mol. The molecule has 4 rings (SSSR count). The highest BCUT2D eigenvalue weighted by Crippen LogP contribution is 2.64. The average Bonchev–Trinajstić information content (AvgIpc) is 2.82. The molecule has 0 bridgehead atoms. The van der Waals surface area contributed by atoms with E-state index in [1.807, 2.05) is 0 Å². The van der Waals surface area contributed by atoms with Crippen molar-refractivity contribution in [3.05, 3.63) is 12.2 Å². The van der Waals surface area contributed by atoms with Crippen LogP contribution in [0.15, 0.2) is 12.2 Å². The Bertz CT molecular complexity index is 498. The summed E-state index contributed by atoms with van der Waals surface area (Å²) in [6, 6.07) is 0.358. The predicted molar refractivity (Wildman–Crippen MR) is 84.6 cm³/mol. The van der Waals surface area contributed by atoms with Gasteiger partial charge in [0.2, 0.25) is 5.91 Å². The van der Waals surface area contributed by atoms with Crippen LogP contribution in [0.4, 0.5) is 0 Å². The molecule has 2 heteroatoms. The number of carbonyl (C=O) groups is 1. The Balaban J connectivity index is 1.73. The van der Waals surface area contributed by atoms with Crippen LogP contribution in [0.5, 0.6) is 0 Å². The molecule has 0 aromatic carbocycles. The first-order valence-corrected chi connectivity index (χ1v) is 8.94. The molecule has 21 heavy (non-hydrogen) atoms. The van der Waals surface area contributed by atoms with Gasteiger partial charge < -0.3 is 5.32 Å². The first-order valence-electron chi connectivity index (χ1n) is 8.94. The van der Waals surface area contributed by atoms with Gasteiger partial charge >= 0.3 is 0 Å². The second kappa shape index (κ2) is 4.36. The molecule has 1 amide bonds. The first-order chi connectivity index (χ1) is 9.94. The molecule has 3 fully saturated rings. The first kappa shape index (κ1) is 13.8. The fraction of sp³-hybridized carbons (Fsp3) is 0.842. The van der Waals surface area contributed by atoms with Gasteiger partial charge in [-0.1, -0.05) is 33.3 Å². The summed E-state index contributed by atoms with van der Waals surface area (Å²) >= 11 is 0. The third-order valence-corrected chi connectivity index (χ3v) is 7.84. The zero-order valence-corrected chi connectivity index (χ0v) is 13.7. The summed E-state index contributed by atoms with van der Waals surface area (Å²) in [4.78, 5) is 11.8. The van der Waals surface area contributed by atoms with Gasteiger partial charge in [-0.2, -0.15) is 0 Å². The molecule has 2 nitrogen and oxygen atoms in total. The van der Waals surface area contributed by atoms with Gasteiger partial charge in [0, 0.05) is 11.5 Å². The topological polar surface area (TPSA) is 29.1 Å². The quantitative estimate of drug-likeness (QED) is 0.719. The fourth-order valence-electron chi connectivity index (χ4n) is 6.67. The molecule has 3 aliphatic carbocycles. The summed E-state index contributed by atoms with van der Waals surface area (Å²) in [6.45, 7) is 7.42. The fourth-order valence-corrected chi connectivity index (χ4v) is 6.67. The molecule has 0 aromatic heterocycles. The third-order valence-electron chi connectivity index (χ3n) is 7.84. The molecule has 4 aliphatic rings. The highest BCUT2D eigenvalue weighted by Gasteiger charge is 2.59. The van der Waals surface area contributed by atoms with Crippen LogP contribution in [0.1, 0.15) is 59.3 Å². The van der Waals surface area contributed by atoms with E-state index >= 15 is 0 Å². The maximum Gasteiger partial charge on any atom is 0.243 e. The van der Waals surface area contributed by atoms with Gasteiger partial charge in [-0.25, -0.2) is 0 Å². The number of amides is 1. The second-order valence-corrected chi connectivity index (χ2v) is 8.85. The van der Waals surface area contributed by atoms with E-state index in [1.54, 1.807) is 6.08 Å². The van der Waals surface area contributed by atoms with Crippen molar-refractivity contribution in [2.75, 3.05) is 0 Å². The lowest BCUT2D eigenvalue weighted by Crippen LogP contribution is -2.61. The summed E-state index contributed by atoms with van der Waals surface area (Å²) in [5, 5.41) is 3.27. The summed E-state index contributed by atoms with van der Waals surface area (Å²) in [7, 11) is 0. The minimum absolute atomic E-state index is 0.115. The molecule has 0 aromatic rings. The Morgan fingerprint density at radius 2 is 2.00 bits per heavy atom. The van der Waals surface area contributed by atoms with Crippen LogP contribution in [0.25, 0.3) is 0 Å². The molecule has 3 saturated carbocycles. The van der Waals surface area contributed by atoms with Crippen LogP contribution >= 0.6 is 0 Å². The van der Waals surface area contributed by atoms with Crippen LogP contribution < -0.4 is 5.32 Å². The largest absolute Gasteiger partial charge is 0.349 e. The van der Waals surface area contributed by atoms with Crippen LogP contribution in [0, 0.1) is 34.5 Å². The number of hydrogen-bond acceptors (Lipinski definition) is 1. The van der Waals surface area contributed by atoms with Gasteiger partial charge in [0.05, 0.1) is 0 Å². The zero-order valence-electron chi connectivity index (χ0n) is 13.7. The van der Waals surface area contributed by atoms with E-state index in [4.69, 9.17) is 0 Å². The van der Waals surface area contributed by atoms with Gasteiger partial charge in [0.1, 0.15) is 0 Å². The van der Waals surface area contributed by atoms with E-state index < -0.39 is 0 Å². The molecule has 1 N–H and O–H groups in total. The lowest BCUT2D eigenvalue weighted by molar-refractivity contribution is -0.124. The average molecular weight is 287 g/mol. The van der Waals surface area contributed by atoms with Crippen molar-refractivity contribution in [1.29, 1.82) is 0 Å². The van der Waals surface area contributed by atoms with Gasteiger partial charge in [0.15, 0.2) is 0 Å². The highest BCUT2D eigenvalue weighted by atomic mass is 16.1. The molecule has 0 saturated heterocycles. The third kappa shape index (κ3) is 1.80. The minimum Gasteiger partial charge on any atom is -0.349 e. The van der Waals surface area contributed by atoms with Crippen molar-refractivity contribution in [1.82, 2.24) is 5.32 Å². The summed E-state index contributed by atoms with van der Waals surface area (Å²) in [5.74, 6) is 3.42. The number of fused-ring (bicyclic) bond motifs is 5. The maximum absolute atomic E-state index is 11.8. The smallest absolute Gasteiger partial charge is 0.243 e. The van der Waals surface area contributed by atoms with Crippen molar-refractivity contribution in [3.63, 3.8) is 0 Å². The number of hydrogen-bond donors (Lipinski definition) is 1. The van der Waals surface area contributed by atoms with Gasteiger partial charge in [-0.3, -0.25) is 4.79 Å². The van der Waals surface area contributed by atoms with Crippen LogP contribution in [0.2, 0.25) is 0 Å². The molecular formula is C19H29NO. The molecule has 0 radical (unpaired) electrons. The Hall–Kier alpha value is -0.790. The summed E-state index contributed by atoms with van der Waals surface area (Å²) in [6.07, 6.45) is 12.3. The predicted octanol–water partition coefficient (Wildman–Crippen LogP) is 3.92. The lowest BCUT2D eigenvalue weighted by Gasteiger charge is -2.60. The van der Waals surface area contributed by atoms with E-state index in [0.717, 1.165) is 23.7 Å². The Morgan fingerprint density at radius 1 is 1.19 bits per heavy atom. The molecule has 1 aliphatic heterocycles. The van der Waals surface area contributed by atoms with Crippen molar-refractivity contribution in [3.8, 4) is 0 Å². The number of nitrogens with one attached hydrogen (secondary N) is 1. The number of rotatable bonds is 0. The van der Waals surface area contributed by atoms with Gasteiger partial charge in [0.25, 0.3) is 0 Å². The van der Waals surface area contributed by atoms with E-state index in [9.17, 15) is 4.79 Å². The molecule has 5 unspecified atom stereocenters. The van der Waals surface area contributed by atoms with Crippen LogP contribution in [-0.2, 0) is 4.79 Å². The maximum atomic E-state index is 11.8. The molecule has 7 atom stereocenters. The highest BCUT2D eigenvalue weighted by molar-refractivity contribution is 5.89. The zero-order chi connectivity index (χ0) is 14.8. The van der Waals surface area contributed by atoms with Gasteiger partial charge in [-0.15, -0.1) is 0 Å². The van der Waals surface area contributed by atoms with E-state index in [-0.39, 0.29) is 11.3 Å². The Kier molecular flexibility index (Phi) is 2.88. The SMILES string of the molecule is CC1CC2NC(=O)C=C[C@]2(C)C2CC[C@]3(C)CCCC3C12.